The molecule has 98 valence electrons. The molecule has 2 rings (SSSR count). The summed E-state index contributed by atoms with van der Waals surface area (Å²) < 4.78 is 14.3. The number of nitrogens with one attached hydrogen (secondary N) is 1. The molecule has 1 amide bonds. The highest BCUT2D eigenvalue weighted by Crippen LogP contribution is 2.26. The van der Waals surface area contributed by atoms with Gasteiger partial charge in [0.15, 0.2) is 0 Å². The summed E-state index contributed by atoms with van der Waals surface area (Å²) in [5.74, 6) is -1.15. The normalized spacial score (nSPS) is 10.3. The Bertz CT molecular complexity index is 651. The Labute approximate surface area is 128 Å². The van der Waals surface area contributed by atoms with Gasteiger partial charge in [0.25, 0.3) is 5.91 Å². The molecule has 0 fully saturated rings. The number of rotatable bonds is 2. The van der Waals surface area contributed by atoms with Crippen molar-refractivity contribution >= 4 is 51.8 Å². The van der Waals surface area contributed by atoms with Gasteiger partial charge in [0.05, 0.1) is 10.6 Å². The smallest absolute Gasteiger partial charge is 0.258 e. The third kappa shape index (κ3) is 3.49. The van der Waals surface area contributed by atoms with Gasteiger partial charge in [-0.2, -0.15) is 0 Å². The summed E-state index contributed by atoms with van der Waals surface area (Å²) in [5.41, 5.74) is 0.425. The fraction of sp³-hybridized carbons (Fsp3) is 0. The van der Waals surface area contributed by atoms with E-state index in [2.05, 4.69) is 33.9 Å². The van der Waals surface area contributed by atoms with Crippen LogP contribution in [0.2, 0.25) is 5.02 Å². The van der Waals surface area contributed by atoms with Gasteiger partial charge in [0.2, 0.25) is 0 Å². The second kappa shape index (κ2) is 5.94. The fourth-order valence-electron chi connectivity index (χ4n) is 1.46. The summed E-state index contributed by atoms with van der Waals surface area (Å²) in [4.78, 5) is 12.5. The molecular formula is C13H8BrClFNOS. The van der Waals surface area contributed by atoms with Crippen LogP contribution in [0.1, 0.15) is 10.4 Å². The Kier molecular flexibility index (Phi) is 4.50. The molecule has 6 heteroatoms. The third-order valence-corrected chi connectivity index (χ3v) is 3.88. The molecule has 0 unspecified atom stereocenters. The van der Waals surface area contributed by atoms with Crippen LogP contribution in [-0.2, 0) is 0 Å². The van der Waals surface area contributed by atoms with Gasteiger partial charge in [-0.05, 0) is 52.3 Å². The average molecular weight is 361 g/mol. The Balaban J connectivity index is 2.25. The number of carbonyl (C=O) groups excluding carboxylic acids is 1. The van der Waals surface area contributed by atoms with E-state index in [1.165, 1.54) is 18.2 Å². The van der Waals surface area contributed by atoms with Gasteiger partial charge in [-0.25, -0.2) is 4.39 Å². The van der Waals surface area contributed by atoms with Crippen LogP contribution in [0.5, 0.6) is 0 Å². The zero-order chi connectivity index (χ0) is 14.0. The molecule has 2 aromatic rings. The summed E-state index contributed by atoms with van der Waals surface area (Å²) >= 11 is 13.2. The standard InChI is InChI=1S/C13H8BrClFNOS/c14-10-3-1-7(5-11(10)15)17-13(18)9-6-8(19)2-4-12(9)16/h1-6,19H,(H,17,18). The van der Waals surface area contributed by atoms with Gasteiger partial charge in [0, 0.05) is 15.1 Å². The van der Waals surface area contributed by atoms with Crippen molar-refractivity contribution in [1.82, 2.24) is 0 Å². The van der Waals surface area contributed by atoms with Crippen molar-refractivity contribution in [1.29, 1.82) is 0 Å². The van der Waals surface area contributed by atoms with Crippen LogP contribution in [0.3, 0.4) is 0 Å². The van der Waals surface area contributed by atoms with E-state index >= 15 is 0 Å². The topological polar surface area (TPSA) is 29.1 Å². The largest absolute Gasteiger partial charge is 0.322 e. The van der Waals surface area contributed by atoms with Crippen molar-refractivity contribution in [2.75, 3.05) is 5.32 Å². The molecular weight excluding hydrogens is 353 g/mol. The van der Waals surface area contributed by atoms with Gasteiger partial charge in [-0.1, -0.05) is 11.6 Å². The van der Waals surface area contributed by atoms with Crippen molar-refractivity contribution in [2.45, 2.75) is 4.90 Å². The molecule has 19 heavy (non-hydrogen) atoms. The molecule has 0 aliphatic heterocycles. The highest BCUT2D eigenvalue weighted by atomic mass is 79.9. The molecule has 0 radical (unpaired) electrons. The van der Waals surface area contributed by atoms with Crippen LogP contribution in [0.25, 0.3) is 0 Å². The number of hydrogen-bond acceptors (Lipinski definition) is 2. The van der Waals surface area contributed by atoms with Gasteiger partial charge >= 0.3 is 0 Å². The first-order chi connectivity index (χ1) is 8.97. The Morgan fingerprint density at radius 3 is 2.68 bits per heavy atom. The summed E-state index contributed by atoms with van der Waals surface area (Å²) in [7, 11) is 0. The molecule has 0 heterocycles. The highest BCUT2D eigenvalue weighted by Gasteiger charge is 2.12. The lowest BCUT2D eigenvalue weighted by molar-refractivity contribution is 0.102. The molecule has 0 aliphatic rings. The van der Waals surface area contributed by atoms with E-state index in [0.29, 0.717) is 15.6 Å². The van der Waals surface area contributed by atoms with Crippen LogP contribution >= 0.6 is 40.2 Å². The number of thiol groups is 1. The number of amides is 1. The predicted octanol–water partition coefficient (Wildman–Crippen LogP) is 4.78. The lowest BCUT2D eigenvalue weighted by Gasteiger charge is -2.07. The van der Waals surface area contributed by atoms with Crippen LogP contribution in [0, 0.1) is 5.82 Å². The Hall–Kier alpha value is -1.04. The maximum absolute atomic E-state index is 13.5. The zero-order valence-corrected chi connectivity index (χ0v) is 12.7. The van der Waals surface area contributed by atoms with Crippen molar-refractivity contribution in [2.24, 2.45) is 0 Å². The second-order valence-electron chi connectivity index (χ2n) is 3.75. The molecule has 0 aromatic heterocycles. The minimum atomic E-state index is -0.599. The molecule has 1 N–H and O–H groups in total. The highest BCUT2D eigenvalue weighted by molar-refractivity contribution is 9.10. The SMILES string of the molecule is O=C(Nc1ccc(Br)c(Cl)c1)c1cc(S)ccc1F. The van der Waals surface area contributed by atoms with E-state index < -0.39 is 11.7 Å². The monoisotopic (exact) mass is 359 g/mol. The second-order valence-corrected chi connectivity index (χ2v) is 5.53. The zero-order valence-electron chi connectivity index (χ0n) is 9.45. The van der Waals surface area contributed by atoms with E-state index in [1.807, 2.05) is 0 Å². The first-order valence-corrected chi connectivity index (χ1v) is 6.84. The summed E-state index contributed by atoms with van der Waals surface area (Å²) in [6.07, 6.45) is 0. The van der Waals surface area contributed by atoms with Crippen LogP contribution < -0.4 is 5.32 Å². The van der Waals surface area contributed by atoms with Crippen molar-refractivity contribution in [3.63, 3.8) is 0 Å². The number of halogens is 3. The molecule has 2 nitrogen and oxygen atoms in total. The summed E-state index contributed by atoms with van der Waals surface area (Å²) in [6.45, 7) is 0. The first-order valence-electron chi connectivity index (χ1n) is 5.22. The summed E-state index contributed by atoms with van der Waals surface area (Å²) in [5, 5.41) is 3.04. The van der Waals surface area contributed by atoms with Crippen LogP contribution in [0.15, 0.2) is 45.8 Å². The van der Waals surface area contributed by atoms with Gasteiger partial charge in [-0.15, -0.1) is 12.6 Å². The average Bonchev–Trinajstić information content (AvgIpc) is 2.36. The summed E-state index contributed by atoms with van der Waals surface area (Å²) in [6, 6.07) is 8.98. The maximum atomic E-state index is 13.5. The quantitative estimate of drug-likeness (QED) is 0.741. The maximum Gasteiger partial charge on any atom is 0.258 e. The van der Waals surface area contributed by atoms with Gasteiger partial charge in [0.1, 0.15) is 5.82 Å². The van der Waals surface area contributed by atoms with E-state index in [1.54, 1.807) is 18.2 Å². The van der Waals surface area contributed by atoms with Gasteiger partial charge < -0.3 is 5.32 Å². The van der Waals surface area contributed by atoms with E-state index in [-0.39, 0.29) is 5.56 Å². The van der Waals surface area contributed by atoms with Crippen LogP contribution in [-0.4, -0.2) is 5.91 Å². The van der Waals surface area contributed by atoms with Crippen molar-refractivity contribution in [3.05, 3.63) is 57.3 Å². The molecule has 0 atom stereocenters. The number of anilines is 1. The third-order valence-electron chi connectivity index (χ3n) is 2.37. The van der Waals surface area contributed by atoms with Crippen LogP contribution in [0.4, 0.5) is 10.1 Å². The molecule has 0 saturated carbocycles. The Morgan fingerprint density at radius 2 is 2.00 bits per heavy atom. The molecule has 0 aliphatic carbocycles. The fourth-order valence-corrected chi connectivity index (χ4v) is 2.09. The van der Waals surface area contributed by atoms with E-state index in [4.69, 9.17) is 11.6 Å². The minimum absolute atomic E-state index is 0.0634. The molecule has 0 bridgehead atoms. The number of benzene rings is 2. The number of hydrogen-bond donors (Lipinski definition) is 2. The molecule has 0 spiro atoms. The van der Waals surface area contributed by atoms with E-state index in [9.17, 15) is 9.18 Å². The first kappa shape index (κ1) is 14.4. The molecule has 2 aromatic carbocycles. The lowest BCUT2D eigenvalue weighted by atomic mass is 10.2. The van der Waals surface area contributed by atoms with Gasteiger partial charge in [-0.3, -0.25) is 4.79 Å². The van der Waals surface area contributed by atoms with Crippen molar-refractivity contribution in [3.8, 4) is 0 Å². The minimum Gasteiger partial charge on any atom is -0.322 e. The van der Waals surface area contributed by atoms with E-state index in [0.717, 1.165) is 4.47 Å². The molecule has 0 saturated heterocycles. The van der Waals surface area contributed by atoms with Crippen molar-refractivity contribution < 1.29 is 9.18 Å². The number of carbonyl (C=O) groups is 1. The lowest BCUT2D eigenvalue weighted by Crippen LogP contribution is -2.13. The Morgan fingerprint density at radius 1 is 1.26 bits per heavy atom. The predicted molar refractivity (Wildman–Crippen MR) is 80.8 cm³/mol.